The lowest BCUT2D eigenvalue weighted by Crippen LogP contribution is -2.30. The Morgan fingerprint density at radius 2 is 0.600 bits per heavy atom. The number of carbonyl (C=O) groups is 4. The van der Waals surface area contributed by atoms with Crippen LogP contribution in [0.25, 0.3) is 0 Å². The van der Waals surface area contributed by atoms with Gasteiger partial charge >= 0.3 is 39.5 Å². The van der Waals surface area contributed by atoms with Gasteiger partial charge in [-0.2, -0.15) is 0 Å². The number of carbonyl (C=O) groups excluding carboxylic acids is 4. The van der Waals surface area contributed by atoms with Gasteiger partial charge in [0, 0.05) is 25.7 Å². The highest BCUT2D eigenvalue weighted by Gasteiger charge is 2.30. The van der Waals surface area contributed by atoms with Gasteiger partial charge in [0.25, 0.3) is 0 Å². The second kappa shape index (κ2) is 57.2. The molecular formula is C66H128O17P2. The van der Waals surface area contributed by atoms with E-state index < -0.39 is 97.5 Å². The van der Waals surface area contributed by atoms with Crippen molar-refractivity contribution >= 4 is 39.5 Å². The van der Waals surface area contributed by atoms with Crippen LogP contribution in [0.5, 0.6) is 0 Å². The first-order chi connectivity index (χ1) is 40.8. The second-order valence-electron chi connectivity index (χ2n) is 25.1. The maximum absolute atomic E-state index is 13.0. The number of unbranched alkanes of at least 4 members (excludes halogenated alkanes) is 31. The second-order valence-corrected chi connectivity index (χ2v) is 28.0. The summed E-state index contributed by atoms with van der Waals surface area (Å²) in [5.74, 6) is 0.0783. The highest BCUT2D eigenvalue weighted by Crippen LogP contribution is 2.45. The summed E-state index contributed by atoms with van der Waals surface area (Å²) in [5, 5.41) is 10.6. The summed E-state index contributed by atoms with van der Waals surface area (Å²) < 4.78 is 68.1. The lowest BCUT2D eigenvalue weighted by Gasteiger charge is -2.21. The normalized spacial score (nSPS) is 14.6. The minimum Gasteiger partial charge on any atom is -0.462 e. The van der Waals surface area contributed by atoms with Crippen LogP contribution < -0.4 is 0 Å². The third kappa shape index (κ3) is 59.5. The van der Waals surface area contributed by atoms with E-state index >= 15 is 0 Å². The number of ether oxygens (including phenoxy) is 4. The molecule has 0 spiro atoms. The molecule has 0 rings (SSSR count). The van der Waals surface area contributed by atoms with Gasteiger partial charge in [0.15, 0.2) is 12.2 Å². The number of hydrogen-bond donors (Lipinski definition) is 3. The molecule has 0 radical (unpaired) electrons. The monoisotopic (exact) mass is 1250 g/mol. The minimum absolute atomic E-state index is 0.104. The smallest absolute Gasteiger partial charge is 0.462 e. The first-order valence-electron chi connectivity index (χ1n) is 34.4. The van der Waals surface area contributed by atoms with Crippen LogP contribution in [-0.2, 0) is 65.4 Å². The molecule has 504 valence electrons. The molecular weight excluding hydrogens is 1130 g/mol. The largest absolute Gasteiger partial charge is 0.472 e. The van der Waals surface area contributed by atoms with Crippen molar-refractivity contribution in [2.75, 3.05) is 39.6 Å². The zero-order chi connectivity index (χ0) is 63.1. The van der Waals surface area contributed by atoms with E-state index in [1.54, 1.807) is 0 Å². The van der Waals surface area contributed by atoms with Crippen LogP contribution in [0.15, 0.2) is 0 Å². The highest BCUT2D eigenvalue weighted by molar-refractivity contribution is 7.47. The number of aliphatic hydroxyl groups excluding tert-OH is 1. The molecule has 0 aliphatic carbocycles. The van der Waals surface area contributed by atoms with Crippen molar-refractivity contribution in [2.45, 2.75) is 343 Å². The Morgan fingerprint density at radius 1 is 0.341 bits per heavy atom. The van der Waals surface area contributed by atoms with Gasteiger partial charge in [0.1, 0.15) is 19.3 Å². The van der Waals surface area contributed by atoms with E-state index in [9.17, 15) is 43.2 Å². The summed E-state index contributed by atoms with van der Waals surface area (Å²) in [6.45, 7) is 11.7. The molecule has 3 N–H and O–H groups in total. The Labute approximate surface area is 517 Å². The molecule has 0 aromatic carbocycles. The van der Waals surface area contributed by atoms with E-state index in [0.717, 1.165) is 114 Å². The summed E-state index contributed by atoms with van der Waals surface area (Å²) in [4.78, 5) is 72.3. The quantitative estimate of drug-likeness (QED) is 0.0222. The maximum atomic E-state index is 13.0. The number of phosphoric ester groups is 2. The summed E-state index contributed by atoms with van der Waals surface area (Å²) in [6, 6.07) is 0. The van der Waals surface area contributed by atoms with E-state index in [1.165, 1.54) is 128 Å². The van der Waals surface area contributed by atoms with Crippen LogP contribution >= 0.6 is 15.6 Å². The lowest BCUT2D eigenvalue weighted by atomic mass is 10.00. The average Bonchev–Trinajstić information content (AvgIpc) is 3.58. The van der Waals surface area contributed by atoms with Gasteiger partial charge in [-0.05, 0) is 43.4 Å². The number of rotatable bonds is 64. The standard InChI is InChI=1S/C66H128O17P2/c1-8-10-11-12-13-14-15-20-26-35-42-49-65(70)83-62(54-77-64(69)48-41-34-29-28-32-39-46-59(7)9-2)56-81-85(74,75)79-52-60(67)51-78-84(72,73)80-55-61(82-66(71)50-43-36-27-22-17-19-24-31-38-45-58(5)6)53-76-63(68)47-40-33-25-21-16-18-23-30-37-44-57(3)4/h57-62,67H,8-56H2,1-7H3,(H,72,73)(H,74,75)/t59?,60-,61-,62-/m1/s1. The minimum atomic E-state index is -4.95. The summed E-state index contributed by atoms with van der Waals surface area (Å²) >= 11 is 0. The molecule has 0 saturated heterocycles. The maximum Gasteiger partial charge on any atom is 0.472 e. The van der Waals surface area contributed by atoms with Gasteiger partial charge in [-0.3, -0.25) is 37.3 Å². The molecule has 0 aliphatic rings. The zero-order valence-corrected chi connectivity index (χ0v) is 56.9. The number of phosphoric acid groups is 2. The van der Waals surface area contributed by atoms with Crippen LogP contribution in [0.1, 0.15) is 325 Å². The number of esters is 4. The van der Waals surface area contributed by atoms with Gasteiger partial charge in [-0.1, -0.05) is 273 Å². The fourth-order valence-corrected chi connectivity index (χ4v) is 11.4. The van der Waals surface area contributed by atoms with Crippen molar-refractivity contribution < 1.29 is 80.2 Å². The van der Waals surface area contributed by atoms with Crippen LogP contribution in [-0.4, -0.2) is 96.7 Å². The summed E-state index contributed by atoms with van der Waals surface area (Å²) in [7, 11) is -9.89. The molecule has 0 amide bonds. The average molecular weight is 1260 g/mol. The third-order valence-corrected chi connectivity index (χ3v) is 17.4. The van der Waals surface area contributed by atoms with Crippen LogP contribution in [0.2, 0.25) is 0 Å². The van der Waals surface area contributed by atoms with Gasteiger partial charge in [-0.25, -0.2) is 9.13 Å². The van der Waals surface area contributed by atoms with Gasteiger partial charge < -0.3 is 33.8 Å². The third-order valence-electron chi connectivity index (χ3n) is 15.5. The van der Waals surface area contributed by atoms with Crippen molar-refractivity contribution in [1.29, 1.82) is 0 Å². The Balaban J connectivity index is 5.26. The molecule has 0 aromatic heterocycles. The van der Waals surface area contributed by atoms with Gasteiger partial charge in [0.05, 0.1) is 26.4 Å². The predicted octanol–water partition coefficient (Wildman–Crippen LogP) is 18.3. The van der Waals surface area contributed by atoms with Gasteiger partial charge in [-0.15, -0.1) is 0 Å². The van der Waals surface area contributed by atoms with Crippen molar-refractivity contribution in [2.24, 2.45) is 17.8 Å². The molecule has 19 heteroatoms. The lowest BCUT2D eigenvalue weighted by molar-refractivity contribution is -0.161. The fourth-order valence-electron chi connectivity index (χ4n) is 9.80. The van der Waals surface area contributed by atoms with E-state index in [0.29, 0.717) is 25.7 Å². The van der Waals surface area contributed by atoms with E-state index in [4.69, 9.17) is 37.0 Å². The van der Waals surface area contributed by atoms with Crippen LogP contribution in [0.4, 0.5) is 0 Å². The Bertz CT molecular complexity index is 1680. The SMILES string of the molecule is CCCCCCCCCCCCCC(=O)O[C@H](COC(=O)CCCCCCCCC(C)CC)COP(=O)(O)OC[C@H](O)COP(=O)(O)OC[C@@H](COC(=O)CCCCCCCCCCCC(C)C)OC(=O)CCCCCCCCCCCC(C)C. The molecule has 0 aromatic rings. The first kappa shape index (κ1) is 83.1. The van der Waals surface area contributed by atoms with E-state index in [2.05, 4.69) is 48.5 Å². The predicted molar refractivity (Wildman–Crippen MR) is 340 cm³/mol. The summed E-state index contributed by atoms with van der Waals surface area (Å²) in [6.07, 6.45) is 38.9. The molecule has 6 atom stereocenters. The van der Waals surface area contributed by atoms with E-state index in [1.807, 2.05) is 0 Å². The molecule has 0 saturated carbocycles. The zero-order valence-electron chi connectivity index (χ0n) is 55.1. The van der Waals surface area contributed by atoms with Crippen molar-refractivity contribution in [3.05, 3.63) is 0 Å². The van der Waals surface area contributed by atoms with Crippen molar-refractivity contribution in [1.82, 2.24) is 0 Å². The topological polar surface area (TPSA) is 237 Å². The highest BCUT2D eigenvalue weighted by atomic mass is 31.2. The summed E-state index contributed by atoms with van der Waals surface area (Å²) in [5.41, 5.74) is 0. The Morgan fingerprint density at radius 3 is 0.894 bits per heavy atom. The number of aliphatic hydroxyl groups is 1. The Hall–Kier alpha value is -1.94. The molecule has 17 nitrogen and oxygen atoms in total. The van der Waals surface area contributed by atoms with Crippen LogP contribution in [0.3, 0.4) is 0 Å². The Kier molecular flexibility index (Phi) is 55.9. The van der Waals surface area contributed by atoms with E-state index in [-0.39, 0.29) is 25.7 Å². The number of hydrogen-bond acceptors (Lipinski definition) is 15. The van der Waals surface area contributed by atoms with Gasteiger partial charge in [0.2, 0.25) is 0 Å². The molecule has 0 fully saturated rings. The van der Waals surface area contributed by atoms with Crippen molar-refractivity contribution in [3.63, 3.8) is 0 Å². The first-order valence-corrected chi connectivity index (χ1v) is 37.4. The molecule has 0 bridgehead atoms. The molecule has 85 heavy (non-hydrogen) atoms. The van der Waals surface area contributed by atoms with Crippen molar-refractivity contribution in [3.8, 4) is 0 Å². The molecule has 0 heterocycles. The molecule has 3 unspecified atom stereocenters. The van der Waals surface area contributed by atoms with Crippen LogP contribution in [0, 0.1) is 17.8 Å². The fraction of sp³-hybridized carbons (Fsp3) is 0.939. The molecule has 0 aliphatic heterocycles.